The number of halogens is 1. The van der Waals surface area contributed by atoms with Gasteiger partial charge in [-0.2, -0.15) is 0 Å². The highest BCUT2D eigenvalue weighted by atomic mass is 19.1. The first kappa shape index (κ1) is 15.8. The molecule has 5 nitrogen and oxygen atoms in total. The van der Waals surface area contributed by atoms with Gasteiger partial charge in [0, 0.05) is 31.7 Å². The largest absolute Gasteiger partial charge is 0.333 e. The zero-order valence-electron chi connectivity index (χ0n) is 13.3. The second kappa shape index (κ2) is 6.56. The zero-order chi connectivity index (χ0) is 16.4. The average Bonchev–Trinajstić information content (AvgIpc) is 2.89. The number of urea groups is 1. The van der Waals surface area contributed by atoms with E-state index in [4.69, 9.17) is 0 Å². The number of nitrogens with one attached hydrogen (secondary N) is 1. The molecule has 2 aliphatic heterocycles. The molecule has 2 heterocycles. The maximum atomic E-state index is 13.0. The topological polar surface area (TPSA) is 52.7 Å². The molecule has 0 spiro atoms. The molecule has 0 aromatic heterocycles. The average molecular weight is 319 g/mol. The second-order valence-electron chi connectivity index (χ2n) is 6.50. The van der Waals surface area contributed by atoms with Crippen LogP contribution in [0.15, 0.2) is 24.3 Å². The minimum Gasteiger partial charge on any atom is -0.333 e. The third-order valence-electron chi connectivity index (χ3n) is 4.66. The summed E-state index contributed by atoms with van der Waals surface area (Å²) in [7, 11) is 0. The molecule has 0 bridgehead atoms. The van der Waals surface area contributed by atoms with Crippen molar-refractivity contribution < 1.29 is 14.0 Å². The number of carbonyl (C=O) groups excluding carboxylic acids is 2. The summed E-state index contributed by atoms with van der Waals surface area (Å²) in [6, 6.07) is 5.56. The first-order chi connectivity index (χ1) is 11.0. The molecule has 1 atom stereocenters. The number of benzene rings is 1. The van der Waals surface area contributed by atoms with Crippen LogP contribution in [0.25, 0.3) is 0 Å². The van der Waals surface area contributed by atoms with Gasteiger partial charge in [0.25, 0.3) is 0 Å². The third-order valence-corrected chi connectivity index (χ3v) is 4.66. The molecule has 1 aromatic rings. The normalized spacial score (nSPS) is 22.5. The van der Waals surface area contributed by atoms with Gasteiger partial charge >= 0.3 is 6.03 Å². The van der Waals surface area contributed by atoms with Crippen molar-refractivity contribution in [3.05, 3.63) is 30.1 Å². The molecule has 3 rings (SSSR count). The lowest BCUT2D eigenvalue weighted by Gasteiger charge is -2.31. The summed E-state index contributed by atoms with van der Waals surface area (Å²) < 4.78 is 13.0. The predicted octanol–water partition coefficient (Wildman–Crippen LogP) is 2.37. The van der Waals surface area contributed by atoms with E-state index in [1.807, 2.05) is 4.90 Å². The van der Waals surface area contributed by atoms with Crippen LogP contribution in [0.2, 0.25) is 0 Å². The summed E-state index contributed by atoms with van der Waals surface area (Å²) in [4.78, 5) is 27.9. The molecule has 6 heteroatoms. The van der Waals surface area contributed by atoms with E-state index in [2.05, 4.69) is 12.2 Å². The second-order valence-corrected chi connectivity index (χ2v) is 6.50. The smallest absolute Gasteiger partial charge is 0.317 e. The number of rotatable bonds is 2. The highest BCUT2D eigenvalue weighted by molar-refractivity contribution is 5.96. The summed E-state index contributed by atoms with van der Waals surface area (Å²) >= 11 is 0. The fourth-order valence-electron chi connectivity index (χ4n) is 3.15. The van der Waals surface area contributed by atoms with Crippen LogP contribution in [0, 0.1) is 11.7 Å². The Kier molecular flexibility index (Phi) is 4.50. The Morgan fingerprint density at radius 3 is 2.52 bits per heavy atom. The fourth-order valence-corrected chi connectivity index (χ4v) is 3.15. The van der Waals surface area contributed by atoms with E-state index >= 15 is 0 Å². The summed E-state index contributed by atoms with van der Waals surface area (Å²) in [5.41, 5.74) is 0.667. The molecule has 124 valence electrons. The molecule has 3 amide bonds. The van der Waals surface area contributed by atoms with Crippen LogP contribution in [-0.4, -0.2) is 42.5 Å². The quantitative estimate of drug-likeness (QED) is 0.910. The van der Waals surface area contributed by atoms with E-state index in [1.54, 1.807) is 17.0 Å². The SMILES string of the molecule is CC1CCN(C(=O)N[C@@H]2CC(=O)N(c3ccc(F)cc3)C2)CC1. The Morgan fingerprint density at radius 2 is 1.87 bits per heavy atom. The van der Waals surface area contributed by atoms with Crippen molar-refractivity contribution in [2.45, 2.75) is 32.2 Å². The van der Waals surface area contributed by atoms with Crippen LogP contribution in [0.4, 0.5) is 14.9 Å². The number of likely N-dealkylation sites (tertiary alicyclic amines) is 1. The standard InChI is InChI=1S/C17H22FN3O2/c1-12-6-8-20(9-7-12)17(23)19-14-10-16(22)21(11-14)15-4-2-13(18)3-5-15/h2-5,12,14H,6-11H2,1H3,(H,19,23)/t14-/m1/s1. The van der Waals surface area contributed by atoms with E-state index in [1.165, 1.54) is 12.1 Å². The number of carbonyl (C=O) groups is 2. The molecule has 2 aliphatic rings. The van der Waals surface area contributed by atoms with Crippen LogP contribution in [-0.2, 0) is 4.79 Å². The van der Waals surface area contributed by atoms with Crippen molar-refractivity contribution in [1.82, 2.24) is 10.2 Å². The molecular weight excluding hydrogens is 297 g/mol. The van der Waals surface area contributed by atoms with Gasteiger partial charge in [-0.05, 0) is 43.0 Å². The predicted molar refractivity (Wildman–Crippen MR) is 85.7 cm³/mol. The number of hydrogen-bond acceptors (Lipinski definition) is 2. The Labute approximate surface area is 135 Å². The molecule has 0 unspecified atom stereocenters. The first-order valence-electron chi connectivity index (χ1n) is 8.14. The third kappa shape index (κ3) is 3.63. The summed E-state index contributed by atoms with van der Waals surface area (Å²) in [6.45, 7) is 4.18. The fraction of sp³-hybridized carbons (Fsp3) is 0.529. The van der Waals surface area contributed by atoms with Gasteiger partial charge in [0.1, 0.15) is 5.82 Å². The Hall–Kier alpha value is -2.11. The van der Waals surface area contributed by atoms with Gasteiger partial charge in [-0.3, -0.25) is 4.79 Å². The Bertz CT molecular complexity index is 582. The number of amides is 3. The van der Waals surface area contributed by atoms with Crippen LogP contribution in [0.5, 0.6) is 0 Å². The zero-order valence-corrected chi connectivity index (χ0v) is 13.3. The van der Waals surface area contributed by atoms with E-state index in [0.29, 0.717) is 18.2 Å². The summed E-state index contributed by atoms with van der Waals surface area (Å²) in [6.07, 6.45) is 2.34. The van der Waals surface area contributed by atoms with Gasteiger partial charge in [0.2, 0.25) is 5.91 Å². The molecule has 2 fully saturated rings. The molecule has 0 radical (unpaired) electrons. The molecule has 1 aromatic carbocycles. The van der Waals surface area contributed by atoms with Gasteiger partial charge in [-0.25, -0.2) is 9.18 Å². The number of piperidine rings is 1. The van der Waals surface area contributed by atoms with E-state index in [-0.39, 0.29) is 30.2 Å². The number of hydrogen-bond donors (Lipinski definition) is 1. The van der Waals surface area contributed by atoms with Crippen molar-refractivity contribution in [2.24, 2.45) is 5.92 Å². The van der Waals surface area contributed by atoms with Gasteiger partial charge in [0.05, 0.1) is 6.04 Å². The van der Waals surface area contributed by atoms with E-state index < -0.39 is 0 Å². The van der Waals surface area contributed by atoms with Crippen molar-refractivity contribution in [2.75, 3.05) is 24.5 Å². The van der Waals surface area contributed by atoms with Crippen LogP contribution in [0.3, 0.4) is 0 Å². The van der Waals surface area contributed by atoms with Gasteiger partial charge < -0.3 is 15.1 Å². The molecule has 0 saturated carbocycles. The van der Waals surface area contributed by atoms with Crippen molar-refractivity contribution in [3.8, 4) is 0 Å². The van der Waals surface area contributed by atoms with Gasteiger partial charge in [-0.1, -0.05) is 6.92 Å². The van der Waals surface area contributed by atoms with Crippen molar-refractivity contribution in [1.29, 1.82) is 0 Å². The summed E-state index contributed by atoms with van der Waals surface area (Å²) in [5, 5.41) is 2.96. The Morgan fingerprint density at radius 1 is 1.22 bits per heavy atom. The lowest BCUT2D eigenvalue weighted by Crippen LogP contribution is -2.48. The number of nitrogens with zero attached hydrogens (tertiary/aromatic N) is 2. The van der Waals surface area contributed by atoms with E-state index in [0.717, 1.165) is 25.9 Å². The molecule has 23 heavy (non-hydrogen) atoms. The minimum absolute atomic E-state index is 0.0471. The highest BCUT2D eigenvalue weighted by Crippen LogP contribution is 2.22. The molecule has 1 N–H and O–H groups in total. The van der Waals surface area contributed by atoms with Crippen LogP contribution >= 0.6 is 0 Å². The maximum absolute atomic E-state index is 13.0. The van der Waals surface area contributed by atoms with Crippen LogP contribution in [0.1, 0.15) is 26.2 Å². The Balaban J connectivity index is 1.57. The van der Waals surface area contributed by atoms with E-state index in [9.17, 15) is 14.0 Å². The lowest BCUT2D eigenvalue weighted by atomic mass is 10.00. The highest BCUT2D eigenvalue weighted by Gasteiger charge is 2.32. The minimum atomic E-state index is -0.329. The summed E-state index contributed by atoms with van der Waals surface area (Å²) in [5.74, 6) is 0.292. The number of anilines is 1. The monoisotopic (exact) mass is 319 g/mol. The van der Waals surface area contributed by atoms with Crippen molar-refractivity contribution in [3.63, 3.8) is 0 Å². The van der Waals surface area contributed by atoms with Gasteiger partial charge in [-0.15, -0.1) is 0 Å². The van der Waals surface area contributed by atoms with Crippen LogP contribution < -0.4 is 10.2 Å². The maximum Gasteiger partial charge on any atom is 0.317 e. The van der Waals surface area contributed by atoms with Gasteiger partial charge in [0.15, 0.2) is 0 Å². The molecule has 2 saturated heterocycles. The van der Waals surface area contributed by atoms with Crippen molar-refractivity contribution >= 4 is 17.6 Å². The first-order valence-corrected chi connectivity index (χ1v) is 8.14. The molecular formula is C17H22FN3O2. The molecule has 0 aliphatic carbocycles. The lowest BCUT2D eigenvalue weighted by molar-refractivity contribution is -0.117.